The minimum atomic E-state index is -4.48. The molecule has 2 aromatic heterocycles. The molecule has 29 heavy (non-hydrogen) atoms. The van der Waals surface area contributed by atoms with Crippen LogP contribution < -0.4 is 10.3 Å². The number of fused-ring (bicyclic) bond motifs is 1. The van der Waals surface area contributed by atoms with Gasteiger partial charge >= 0.3 is 7.82 Å². The number of aliphatic hydroxyl groups excluding tert-OH is 1. The van der Waals surface area contributed by atoms with Crippen molar-refractivity contribution in [3.05, 3.63) is 42.7 Å². The van der Waals surface area contributed by atoms with Crippen LogP contribution in [-0.4, -0.2) is 42.7 Å². The largest absolute Gasteiger partial charge is 0.527 e. The lowest BCUT2D eigenvalue weighted by Crippen LogP contribution is -2.43. The molecule has 0 saturated heterocycles. The zero-order chi connectivity index (χ0) is 20.6. The quantitative estimate of drug-likeness (QED) is 0.485. The van der Waals surface area contributed by atoms with Crippen molar-refractivity contribution in [3.63, 3.8) is 0 Å². The van der Waals surface area contributed by atoms with Crippen LogP contribution in [0.2, 0.25) is 0 Å². The van der Waals surface area contributed by atoms with Crippen LogP contribution in [0, 0.1) is 17.7 Å². The molecule has 3 aromatic rings. The number of aliphatic hydroxyl groups is 1. The number of halogens is 1. The van der Waals surface area contributed by atoms with E-state index >= 15 is 0 Å². The highest BCUT2D eigenvalue weighted by Gasteiger charge is 2.44. The van der Waals surface area contributed by atoms with Gasteiger partial charge in [0.15, 0.2) is 11.5 Å². The average molecular weight is 423 g/mol. The Hall–Kier alpha value is -2.59. The van der Waals surface area contributed by atoms with Gasteiger partial charge in [-0.15, -0.1) is 0 Å². The Morgan fingerprint density at radius 3 is 2.93 bits per heavy atom. The number of phosphoric ester groups is 1. The van der Waals surface area contributed by atoms with Crippen molar-refractivity contribution < 1.29 is 28.0 Å². The van der Waals surface area contributed by atoms with Crippen LogP contribution in [-0.2, 0) is 9.09 Å². The Bertz CT molecular complexity index is 1080. The molecule has 0 spiro atoms. The summed E-state index contributed by atoms with van der Waals surface area (Å²) in [6.45, 7) is -0.256. The van der Waals surface area contributed by atoms with Gasteiger partial charge in [-0.25, -0.2) is 23.9 Å². The molecule has 4 N–H and O–H groups in total. The summed E-state index contributed by atoms with van der Waals surface area (Å²) in [6, 6.07) is 4.70. The van der Waals surface area contributed by atoms with Gasteiger partial charge in [0.2, 0.25) is 0 Å². The molecular weight excluding hydrogens is 404 g/mol. The molecule has 0 radical (unpaired) electrons. The summed E-state index contributed by atoms with van der Waals surface area (Å²) >= 11 is 0. The number of phosphoric acid groups is 1. The molecule has 0 aliphatic heterocycles. The molecule has 1 aromatic carbocycles. The van der Waals surface area contributed by atoms with Gasteiger partial charge < -0.3 is 19.9 Å². The molecule has 1 saturated carbocycles. The van der Waals surface area contributed by atoms with Gasteiger partial charge in [0.1, 0.15) is 23.4 Å². The average Bonchev–Trinajstić information content (AvgIpc) is 3.06. The molecule has 1 aliphatic rings. The summed E-state index contributed by atoms with van der Waals surface area (Å²) in [5.74, 6) is -0.887. The molecule has 4 rings (SSSR count). The second-order valence-corrected chi connectivity index (χ2v) is 8.18. The molecule has 154 valence electrons. The number of nitrogens with zero attached hydrogens (tertiary/aromatic N) is 4. The lowest BCUT2D eigenvalue weighted by Gasteiger charge is -2.44. The number of nitrogen functional groups attached to an aromatic ring is 1. The van der Waals surface area contributed by atoms with E-state index in [1.165, 1.54) is 24.5 Å². The highest BCUT2D eigenvalue weighted by atomic mass is 31.2. The van der Waals surface area contributed by atoms with Crippen molar-refractivity contribution >= 4 is 24.8 Å². The van der Waals surface area contributed by atoms with Gasteiger partial charge in [0.05, 0.1) is 12.9 Å². The Morgan fingerprint density at radius 1 is 1.34 bits per heavy atom. The van der Waals surface area contributed by atoms with E-state index < -0.39 is 13.6 Å². The summed E-state index contributed by atoms with van der Waals surface area (Å²) in [6.07, 6.45) is 3.52. The highest BCUT2D eigenvalue weighted by Crippen LogP contribution is 2.50. The Labute approximate surface area is 164 Å². The topological polar surface area (TPSA) is 146 Å². The first-order valence-electron chi connectivity index (χ1n) is 8.84. The van der Waals surface area contributed by atoms with E-state index in [0.29, 0.717) is 17.6 Å². The number of hydrogen-bond acceptors (Lipinski definition) is 8. The van der Waals surface area contributed by atoms with E-state index in [9.17, 15) is 19.0 Å². The van der Waals surface area contributed by atoms with Crippen LogP contribution >= 0.6 is 7.82 Å². The number of benzene rings is 1. The Morgan fingerprint density at radius 2 is 2.17 bits per heavy atom. The summed E-state index contributed by atoms with van der Waals surface area (Å²) in [5.41, 5.74) is 6.81. The molecule has 0 amide bonds. The van der Waals surface area contributed by atoms with Gasteiger partial charge in [-0.3, -0.25) is 9.42 Å². The third-order valence-corrected chi connectivity index (χ3v) is 5.99. The second kappa shape index (κ2) is 7.68. The number of nitrogens with two attached hydrogens (primary N) is 1. The first-order valence-corrected chi connectivity index (χ1v) is 10.3. The van der Waals surface area contributed by atoms with Crippen LogP contribution in [0.1, 0.15) is 12.5 Å². The highest BCUT2D eigenvalue weighted by molar-refractivity contribution is 7.47. The number of imidazole rings is 1. The molecule has 1 fully saturated rings. The molecule has 12 heteroatoms. The third kappa shape index (κ3) is 3.95. The van der Waals surface area contributed by atoms with Crippen LogP contribution in [0.5, 0.6) is 5.75 Å². The number of anilines is 1. The molecule has 0 bridgehead atoms. The van der Waals surface area contributed by atoms with Gasteiger partial charge in [-0.05, 0) is 24.5 Å². The molecule has 2 heterocycles. The monoisotopic (exact) mass is 423 g/mol. The standard InChI is InChI=1S/C17H19FN5O5P/c18-11-2-1-3-12(5-11)28-29(25,26)27-7-13-10(6-24)4-14(13)23-9-22-15-16(19)20-8-21-17(15)23/h1-3,5,8-10,13-14,24H,4,6-7H2,(H,25,26)(H2,19,20,21). The van der Waals surface area contributed by atoms with Gasteiger partial charge in [0, 0.05) is 24.6 Å². The van der Waals surface area contributed by atoms with E-state index in [0.717, 1.165) is 6.07 Å². The zero-order valence-corrected chi connectivity index (χ0v) is 16.0. The summed E-state index contributed by atoms with van der Waals surface area (Å²) in [7, 11) is -4.48. The lowest BCUT2D eigenvalue weighted by atomic mass is 9.70. The minimum absolute atomic E-state index is 0.102. The fraction of sp³-hybridized carbons (Fsp3) is 0.353. The van der Waals surface area contributed by atoms with Gasteiger partial charge in [-0.2, -0.15) is 0 Å². The number of aromatic nitrogens is 4. The van der Waals surface area contributed by atoms with E-state index in [-0.39, 0.29) is 42.7 Å². The second-order valence-electron chi connectivity index (χ2n) is 6.81. The van der Waals surface area contributed by atoms with Crippen molar-refractivity contribution in [1.82, 2.24) is 19.5 Å². The lowest BCUT2D eigenvalue weighted by molar-refractivity contribution is -0.00477. The third-order valence-electron chi connectivity index (χ3n) is 5.07. The van der Waals surface area contributed by atoms with Crippen molar-refractivity contribution in [2.24, 2.45) is 11.8 Å². The molecular formula is C17H19FN5O5P. The normalized spacial score (nSPS) is 23.5. The number of rotatable bonds is 7. The Balaban J connectivity index is 1.48. The maximum atomic E-state index is 13.2. The maximum absolute atomic E-state index is 13.2. The first kappa shape index (κ1) is 19.7. The van der Waals surface area contributed by atoms with Crippen LogP contribution in [0.4, 0.5) is 10.2 Å². The van der Waals surface area contributed by atoms with Crippen molar-refractivity contribution in [1.29, 1.82) is 0 Å². The van der Waals surface area contributed by atoms with Crippen molar-refractivity contribution in [2.75, 3.05) is 18.9 Å². The van der Waals surface area contributed by atoms with Gasteiger partial charge in [0.25, 0.3) is 0 Å². The van der Waals surface area contributed by atoms with E-state index in [4.69, 9.17) is 14.8 Å². The smallest absolute Gasteiger partial charge is 0.404 e. The van der Waals surface area contributed by atoms with Crippen molar-refractivity contribution in [3.8, 4) is 5.75 Å². The predicted molar refractivity (Wildman–Crippen MR) is 100 cm³/mol. The van der Waals surface area contributed by atoms with E-state index in [1.807, 2.05) is 0 Å². The summed E-state index contributed by atoms with van der Waals surface area (Å²) < 4.78 is 37.3. The van der Waals surface area contributed by atoms with Crippen molar-refractivity contribution in [2.45, 2.75) is 12.5 Å². The fourth-order valence-corrected chi connectivity index (χ4v) is 4.32. The Kier molecular flexibility index (Phi) is 5.22. The molecule has 4 unspecified atom stereocenters. The maximum Gasteiger partial charge on any atom is 0.527 e. The zero-order valence-electron chi connectivity index (χ0n) is 15.1. The first-order chi connectivity index (χ1) is 13.9. The molecule has 4 atom stereocenters. The predicted octanol–water partition coefficient (Wildman–Crippen LogP) is 1.91. The summed E-state index contributed by atoms with van der Waals surface area (Å²) in [4.78, 5) is 22.3. The molecule has 10 nitrogen and oxygen atoms in total. The SMILES string of the molecule is Nc1ncnc2c1ncn2C1CC(CO)C1COP(=O)(O)Oc1cccc(F)c1. The minimum Gasteiger partial charge on any atom is -0.404 e. The fourth-order valence-electron chi connectivity index (χ4n) is 3.53. The number of hydrogen-bond donors (Lipinski definition) is 3. The van der Waals surface area contributed by atoms with E-state index in [2.05, 4.69) is 15.0 Å². The van der Waals surface area contributed by atoms with E-state index in [1.54, 1.807) is 10.9 Å². The molecule has 1 aliphatic carbocycles. The summed E-state index contributed by atoms with van der Waals surface area (Å²) in [5, 5.41) is 9.59. The van der Waals surface area contributed by atoms with Crippen LogP contribution in [0.3, 0.4) is 0 Å². The van der Waals surface area contributed by atoms with Gasteiger partial charge in [-0.1, -0.05) is 6.07 Å². The van der Waals surface area contributed by atoms with Crippen LogP contribution in [0.25, 0.3) is 11.2 Å². The van der Waals surface area contributed by atoms with Crippen LogP contribution in [0.15, 0.2) is 36.9 Å².